The maximum Gasteiger partial charge on any atom is 0.332 e. The van der Waals surface area contributed by atoms with Gasteiger partial charge in [0.2, 0.25) is 11.2 Å². The number of hydrogen-bond acceptors (Lipinski definition) is 4. The van der Waals surface area contributed by atoms with Crippen LogP contribution >= 0.6 is 11.6 Å². The maximum atomic E-state index is 12.5. The number of nitrogens with one attached hydrogen (secondary N) is 1. The van der Waals surface area contributed by atoms with Crippen molar-refractivity contribution in [2.45, 2.75) is 20.4 Å². The summed E-state index contributed by atoms with van der Waals surface area (Å²) >= 11 is 6.12. The lowest BCUT2D eigenvalue weighted by Gasteiger charge is -2.11. The number of aryl methyl sites for hydroxylation is 3. The van der Waals surface area contributed by atoms with E-state index in [-0.39, 0.29) is 28.9 Å². The SMILES string of the molecule is Cc1ccc(NC(=O)Cn2c(Cl)nc3c2c(=O)n(C)c(=O)n3C)c(C)c1. The van der Waals surface area contributed by atoms with Gasteiger partial charge in [-0.1, -0.05) is 17.7 Å². The lowest BCUT2D eigenvalue weighted by Crippen LogP contribution is -2.37. The van der Waals surface area contributed by atoms with E-state index in [4.69, 9.17) is 11.6 Å². The van der Waals surface area contributed by atoms with Crippen LogP contribution in [-0.4, -0.2) is 24.6 Å². The topological polar surface area (TPSA) is 90.9 Å². The molecule has 9 heteroatoms. The first kappa shape index (κ1) is 17.9. The number of hydrogen-bond donors (Lipinski definition) is 1. The van der Waals surface area contributed by atoms with Gasteiger partial charge in [-0.3, -0.25) is 23.3 Å². The predicted octanol–water partition coefficient (Wildman–Crippen LogP) is 1.34. The molecular formula is C17H18ClN5O3. The molecular weight excluding hydrogens is 358 g/mol. The zero-order chi connectivity index (χ0) is 19.2. The molecule has 1 N–H and O–H groups in total. The second kappa shape index (κ2) is 6.45. The number of amides is 1. The quantitative estimate of drug-likeness (QED) is 0.699. The van der Waals surface area contributed by atoms with Gasteiger partial charge in [0.1, 0.15) is 6.54 Å². The highest BCUT2D eigenvalue weighted by atomic mass is 35.5. The third-order valence-electron chi connectivity index (χ3n) is 4.26. The molecule has 136 valence electrons. The molecule has 0 aliphatic heterocycles. The fraction of sp³-hybridized carbons (Fsp3) is 0.294. The van der Waals surface area contributed by atoms with Crippen molar-refractivity contribution in [2.75, 3.05) is 5.32 Å². The summed E-state index contributed by atoms with van der Waals surface area (Å²) < 4.78 is 3.48. The average molecular weight is 376 g/mol. The number of benzene rings is 1. The molecule has 0 unspecified atom stereocenters. The Hall–Kier alpha value is -2.87. The van der Waals surface area contributed by atoms with Gasteiger partial charge in [-0.05, 0) is 37.1 Å². The van der Waals surface area contributed by atoms with Crippen LogP contribution in [0.2, 0.25) is 5.28 Å². The molecule has 26 heavy (non-hydrogen) atoms. The number of anilines is 1. The molecule has 8 nitrogen and oxygen atoms in total. The highest BCUT2D eigenvalue weighted by Crippen LogP contribution is 2.18. The Morgan fingerprint density at radius 2 is 1.88 bits per heavy atom. The van der Waals surface area contributed by atoms with Crippen LogP contribution in [0.4, 0.5) is 5.69 Å². The minimum Gasteiger partial charge on any atom is -0.324 e. The lowest BCUT2D eigenvalue weighted by atomic mass is 10.1. The number of rotatable bonds is 3. The van der Waals surface area contributed by atoms with E-state index in [1.54, 1.807) is 0 Å². The van der Waals surface area contributed by atoms with E-state index in [0.29, 0.717) is 5.69 Å². The second-order valence-corrected chi connectivity index (χ2v) is 6.55. The van der Waals surface area contributed by atoms with Crippen molar-refractivity contribution in [3.63, 3.8) is 0 Å². The van der Waals surface area contributed by atoms with Crippen LogP contribution < -0.4 is 16.6 Å². The van der Waals surface area contributed by atoms with Crippen LogP contribution in [0, 0.1) is 13.8 Å². The molecule has 1 amide bonds. The molecule has 0 bridgehead atoms. The van der Waals surface area contributed by atoms with E-state index in [1.807, 2.05) is 32.0 Å². The summed E-state index contributed by atoms with van der Waals surface area (Å²) in [6.45, 7) is 3.67. The fourth-order valence-electron chi connectivity index (χ4n) is 2.85. The van der Waals surface area contributed by atoms with Crippen molar-refractivity contribution in [3.8, 4) is 0 Å². The number of aromatic nitrogens is 4. The monoisotopic (exact) mass is 375 g/mol. The zero-order valence-electron chi connectivity index (χ0n) is 14.8. The molecule has 3 rings (SSSR count). The van der Waals surface area contributed by atoms with Crippen LogP contribution in [-0.2, 0) is 25.4 Å². The van der Waals surface area contributed by atoms with Crippen molar-refractivity contribution in [1.82, 2.24) is 18.7 Å². The Morgan fingerprint density at radius 1 is 1.19 bits per heavy atom. The summed E-state index contributed by atoms with van der Waals surface area (Å²) in [7, 11) is 2.86. The van der Waals surface area contributed by atoms with Gasteiger partial charge < -0.3 is 5.32 Å². The van der Waals surface area contributed by atoms with Crippen LogP contribution in [0.3, 0.4) is 0 Å². The van der Waals surface area contributed by atoms with Gasteiger partial charge >= 0.3 is 5.69 Å². The molecule has 0 saturated carbocycles. The van der Waals surface area contributed by atoms with Gasteiger partial charge in [0, 0.05) is 19.8 Å². The van der Waals surface area contributed by atoms with E-state index >= 15 is 0 Å². The van der Waals surface area contributed by atoms with Crippen molar-refractivity contribution in [2.24, 2.45) is 14.1 Å². The molecule has 3 aromatic rings. The van der Waals surface area contributed by atoms with Gasteiger partial charge in [-0.15, -0.1) is 0 Å². The third-order valence-corrected chi connectivity index (χ3v) is 4.55. The molecule has 0 saturated heterocycles. The molecule has 0 aliphatic carbocycles. The molecule has 0 spiro atoms. The fourth-order valence-corrected chi connectivity index (χ4v) is 3.08. The van der Waals surface area contributed by atoms with Gasteiger partial charge in [0.15, 0.2) is 11.2 Å². The molecule has 2 aromatic heterocycles. The minimum absolute atomic E-state index is 0.0333. The Balaban J connectivity index is 2.01. The Morgan fingerprint density at radius 3 is 2.54 bits per heavy atom. The summed E-state index contributed by atoms with van der Waals surface area (Å²) in [4.78, 5) is 41.0. The third kappa shape index (κ3) is 2.92. The van der Waals surface area contributed by atoms with Crippen LogP contribution in [0.25, 0.3) is 11.2 Å². The van der Waals surface area contributed by atoms with Crippen LogP contribution in [0.1, 0.15) is 11.1 Å². The average Bonchev–Trinajstić information content (AvgIpc) is 2.90. The number of nitrogens with zero attached hydrogens (tertiary/aromatic N) is 4. The lowest BCUT2D eigenvalue weighted by molar-refractivity contribution is -0.116. The van der Waals surface area contributed by atoms with E-state index in [9.17, 15) is 14.4 Å². The zero-order valence-corrected chi connectivity index (χ0v) is 15.6. The standard InChI is InChI=1S/C17H18ClN5O3/c1-9-5-6-11(10(2)7-9)19-12(24)8-23-13-14(20-16(23)18)21(3)17(26)22(4)15(13)25/h5-7H,8H2,1-4H3,(H,19,24). The molecule has 0 fully saturated rings. The van der Waals surface area contributed by atoms with Crippen molar-refractivity contribution in [3.05, 3.63) is 55.4 Å². The summed E-state index contributed by atoms with van der Waals surface area (Å²) in [5, 5.41) is 2.77. The number of carbonyl (C=O) groups is 1. The van der Waals surface area contributed by atoms with Crippen molar-refractivity contribution < 1.29 is 4.79 Å². The highest BCUT2D eigenvalue weighted by Gasteiger charge is 2.20. The van der Waals surface area contributed by atoms with E-state index in [1.165, 1.54) is 23.2 Å². The highest BCUT2D eigenvalue weighted by molar-refractivity contribution is 6.29. The summed E-state index contributed by atoms with van der Waals surface area (Å²) in [5.74, 6) is -0.353. The molecule has 0 radical (unpaired) electrons. The summed E-state index contributed by atoms with van der Waals surface area (Å²) in [6.07, 6.45) is 0. The normalized spacial score (nSPS) is 11.1. The molecule has 2 heterocycles. The van der Waals surface area contributed by atoms with E-state index < -0.39 is 11.2 Å². The van der Waals surface area contributed by atoms with Crippen molar-refractivity contribution >= 4 is 34.4 Å². The van der Waals surface area contributed by atoms with Crippen LogP contribution in [0.15, 0.2) is 27.8 Å². The van der Waals surface area contributed by atoms with Gasteiger partial charge in [0.05, 0.1) is 0 Å². The summed E-state index contributed by atoms with van der Waals surface area (Å²) in [5.41, 5.74) is 1.89. The number of fused-ring (bicyclic) bond motifs is 1. The second-order valence-electron chi connectivity index (χ2n) is 6.21. The Kier molecular flexibility index (Phi) is 4.45. The smallest absolute Gasteiger partial charge is 0.324 e. The number of carbonyl (C=O) groups excluding carboxylic acids is 1. The number of imidazole rings is 1. The largest absolute Gasteiger partial charge is 0.332 e. The first-order valence-electron chi connectivity index (χ1n) is 7.89. The van der Waals surface area contributed by atoms with Gasteiger partial charge in [0.25, 0.3) is 5.56 Å². The minimum atomic E-state index is -0.554. The van der Waals surface area contributed by atoms with Crippen molar-refractivity contribution in [1.29, 1.82) is 0 Å². The van der Waals surface area contributed by atoms with Crippen LogP contribution in [0.5, 0.6) is 0 Å². The van der Waals surface area contributed by atoms with Gasteiger partial charge in [-0.25, -0.2) is 4.79 Å². The Bertz CT molecular complexity index is 1160. The van der Waals surface area contributed by atoms with E-state index in [0.717, 1.165) is 15.7 Å². The Labute approximate surface area is 153 Å². The van der Waals surface area contributed by atoms with E-state index in [2.05, 4.69) is 10.3 Å². The number of halogens is 1. The predicted molar refractivity (Wildman–Crippen MR) is 99.8 cm³/mol. The molecule has 0 aliphatic rings. The first-order chi connectivity index (χ1) is 12.2. The summed E-state index contributed by atoms with van der Waals surface area (Å²) in [6, 6.07) is 5.67. The molecule has 1 aromatic carbocycles. The van der Waals surface area contributed by atoms with Gasteiger partial charge in [-0.2, -0.15) is 4.98 Å². The first-order valence-corrected chi connectivity index (χ1v) is 8.27. The molecule has 0 atom stereocenters. The maximum absolute atomic E-state index is 12.5.